The first kappa shape index (κ1) is 12.7. The Morgan fingerprint density at radius 2 is 1.94 bits per heavy atom. The van der Waals surface area contributed by atoms with Crippen molar-refractivity contribution in [2.45, 2.75) is 33.8 Å². The third-order valence-electron chi connectivity index (χ3n) is 2.96. The van der Waals surface area contributed by atoms with Gasteiger partial charge in [0.05, 0.1) is 6.10 Å². The highest BCUT2D eigenvalue weighted by Gasteiger charge is 2.56. The van der Waals surface area contributed by atoms with Crippen molar-refractivity contribution in [1.82, 2.24) is 0 Å². The summed E-state index contributed by atoms with van der Waals surface area (Å²) in [6.07, 6.45) is 2.74. The van der Waals surface area contributed by atoms with Gasteiger partial charge in [-0.2, -0.15) is 0 Å². The molecule has 0 spiro atoms. The first-order chi connectivity index (χ1) is 7.26. The molecule has 0 aromatic heterocycles. The minimum absolute atomic E-state index is 0.141. The lowest BCUT2D eigenvalue weighted by molar-refractivity contribution is -0.309. The molecule has 1 aliphatic rings. The number of carboxylic acid groups (broad SMARTS) is 1. The molecule has 4 heteroatoms. The second-order valence-electron chi connectivity index (χ2n) is 4.99. The van der Waals surface area contributed by atoms with Crippen molar-refractivity contribution < 1.29 is 19.4 Å². The Kier molecular flexibility index (Phi) is 3.41. The summed E-state index contributed by atoms with van der Waals surface area (Å²) in [4.78, 5) is 22.0. The van der Waals surface area contributed by atoms with Gasteiger partial charge < -0.3 is 14.6 Å². The molecule has 2 unspecified atom stereocenters. The average Bonchev–Trinajstić information content (AvgIpc) is 2.63. The number of esters is 1. The molecule has 1 aliphatic carbocycles. The van der Waals surface area contributed by atoms with E-state index in [0.717, 1.165) is 0 Å². The molecular weight excluding hydrogens is 208 g/mol. The van der Waals surface area contributed by atoms with Crippen LogP contribution in [0.25, 0.3) is 0 Å². The molecule has 4 nitrogen and oxygen atoms in total. The molecule has 0 radical (unpaired) electrons. The van der Waals surface area contributed by atoms with Crippen LogP contribution in [-0.2, 0) is 14.3 Å². The fourth-order valence-electron chi connectivity index (χ4n) is 1.94. The largest absolute Gasteiger partial charge is 0.550 e. The molecule has 90 valence electrons. The van der Waals surface area contributed by atoms with Crippen molar-refractivity contribution in [3.05, 3.63) is 12.2 Å². The second kappa shape index (κ2) is 4.28. The number of allylic oxidation sites excluding steroid dienone is 1. The fraction of sp³-hybridized carbons (Fsp3) is 0.667. The molecule has 2 atom stereocenters. The monoisotopic (exact) mass is 225 g/mol. The predicted octanol–water partition coefficient (Wildman–Crippen LogP) is 0.516. The highest BCUT2D eigenvalue weighted by molar-refractivity contribution is 5.83. The number of aliphatic carboxylic acids is 1. The van der Waals surface area contributed by atoms with Gasteiger partial charge in [0.1, 0.15) is 0 Å². The summed E-state index contributed by atoms with van der Waals surface area (Å²) >= 11 is 0. The molecule has 1 rings (SSSR count). The Bertz CT molecular complexity index is 328. The van der Waals surface area contributed by atoms with Crippen LogP contribution in [0.15, 0.2) is 12.2 Å². The van der Waals surface area contributed by atoms with Gasteiger partial charge in [-0.3, -0.25) is 0 Å². The molecule has 1 saturated carbocycles. The van der Waals surface area contributed by atoms with Crippen LogP contribution in [0.3, 0.4) is 0 Å². The van der Waals surface area contributed by atoms with Crippen LogP contribution in [-0.4, -0.2) is 18.0 Å². The van der Waals surface area contributed by atoms with Crippen LogP contribution >= 0.6 is 0 Å². The molecule has 16 heavy (non-hydrogen) atoms. The predicted molar refractivity (Wildman–Crippen MR) is 56.1 cm³/mol. The van der Waals surface area contributed by atoms with E-state index in [1.54, 1.807) is 19.9 Å². The van der Waals surface area contributed by atoms with Crippen molar-refractivity contribution in [3.63, 3.8) is 0 Å². The topological polar surface area (TPSA) is 66.4 Å². The van der Waals surface area contributed by atoms with Crippen molar-refractivity contribution in [2.75, 3.05) is 0 Å². The summed E-state index contributed by atoms with van der Waals surface area (Å²) in [6.45, 7) is 7.21. The van der Waals surface area contributed by atoms with Gasteiger partial charge in [-0.15, -0.1) is 0 Å². The van der Waals surface area contributed by atoms with Gasteiger partial charge in [-0.1, -0.05) is 19.9 Å². The maximum absolute atomic E-state index is 11.2. The number of hydrogen-bond acceptors (Lipinski definition) is 4. The molecule has 0 N–H and O–H groups in total. The number of carboxylic acids is 1. The molecule has 0 aromatic carbocycles. The van der Waals surface area contributed by atoms with Crippen LogP contribution in [0.1, 0.15) is 27.7 Å². The number of hydrogen-bond donors (Lipinski definition) is 0. The first-order valence-corrected chi connectivity index (χ1v) is 5.36. The van der Waals surface area contributed by atoms with Gasteiger partial charge in [0.2, 0.25) is 0 Å². The van der Waals surface area contributed by atoms with Gasteiger partial charge in [0.15, 0.2) is 0 Å². The summed E-state index contributed by atoms with van der Waals surface area (Å²) in [5.74, 6) is -2.14. The summed E-state index contributed by atoms with van der Waals surface area (Å²) in [7, 11) is 0. The summed E-state index contributed by atoms with van der Waals surface area (Å²) in [5.41, 5.74) is -0.326. The summed E-state index contributed by atoms with van der Waals surface area (Å²) < 4.78 is 4.90. The minimum Gasteiger partial charge on any atom is -0.550 e. The highest BCUT2D eigenvalue weighted by atomic mass is 16.5. The van der Waals surface area contributed by atoms with Crippen LogP contribution in [0.4, 0.5) is 0 Å². The summed E-state index contributed by atoms with van der Waals surface area (Å²) in [5, 5.41) is 10.7. The molecule has 0 amide bonds. The zero-order chi connectivity index (χ0) is 12.5. The molecule has 0 bridgehead atoms. The molecule has 0 saturated heterocycles. The standard InChI is InChI=1S/C12H18O4/c1-7(2)16-9(13)6-5-8-10(11(14)15)12(8,3)4/h5-8,10H,1-4H3,(H,14,15)/p-1. The lowest BCUT2D eigenvalue weighted by Gasteiger charge is -2.03. The van der Waals surface area contributed by atoms with Crippen molar-refractivity contribution in [2.24, 2.45) is 17.3 Å². The highest BCUT2D eigenvalue weighted by Crippen LogP contribution is 2.58. The van der Waals surface area contributed by atoms with Gasteiger partial charge in [0, 0.05) is 18.0 Å². The molecule has 0 aromatic rings. The van der Waals surface area contributed by atoms with Gasteiger partial charge in [-0.25, -0.2) is 4.79 Å². The SMILES string of the molecule is CC(C)OC(=O)C=CC1C(C(=O)[O-])C1(C)C. The van der Waals surface area contributed by atoms with Gasteiger partial charge in [-0.05, 0) is 25.2 Å². The van der Waals surface area contributed by atoms with Gasteiger partial charge in [0.25, 0.3) is 0 Å². The van der Waals surface area contributed by atoms with E-state index in [9.17, 15) is 14.7 Å². The van der Waals surface area contributed by atoms with E-state index in [1.165, 1.54) is 6.08 Å². The van der Waals surface area contributed by atoms with E-state index in [-0.39, 0.29) is 17.4 Å². The number of ether oxygens (including phenoxy) is 1. The third kappa shape index (κ3) is 2.62. The van der Waals surface area contributed by atoms with E-state index >= 15 is 0 Å². The first-order valence-electron chi connectivity index (χ1n) is 5.36. The van der Waals surface area contributed by atoms with E-state index in [0.29, 0.717) is 0 Å². The smallest absolute Gasteiger partial charge is 0.330 e. The van der Waals surface area contributed by atoms with Crippen LogP contribution in [0, 0.1) is 17.3 Å². The van der Waals surface area contributed by atoms with Crippen molar-refractivity contribution in [1.29, 1.82) is 0 Å². The Morgan fingerprint density at radius 3 is 2.31 bits per heavy atom. The molecule has 0 heterocycles. The average molecular weight is 225 g/mol. The zero-order valence-corrected chi connectivity index (χ0v) is 10.0. The Balaban J connectivity index is 2.54. The lowest BCUT2D eigenvalue weighted by atomic mass is 10.1. The number of rotatable bonds is 4. The van der Waals surface area contributed by atoms with Crippen LogP contribution in [0.2, 0.25) is 0 Å². The Labute approximate surface area is 95.3 Å². The Hall–Kier alpha value is -1.32. The molecule has 1 fully saturated rings. The van der Waals surface area contributed by atoms with Crippen molar-refractivity contribution in [3.8, 4) is 0 Å². The molecule has 0 aliphatic heterocycles. The second-order valence-corrected chi connectivity index (χ2v) is 4.99. The zero-order valence-electron chi connectivity index (χ0n) is 10.0. The van der Waals surface area contributed by atoms with E-state index < -0.39 is 17.9 Å². The quantitative estimate of drug-likeness (QED) is 0.516. The lowest BCUT2D eigenvalue weighted by Crippen LogP contribution is -2.26. The van der Waals surface area contributed by atoms with Crippen LogP contribution in [0.5, 0.6) is 0 Å². The van der Waals surface area contributed by atoms with E-state index in [2.05, 4.69) is 0 Å². The van der Waals surface area contributed by atoms with Gasteiger partial charge >= 0.3 is 5.97 Å². The Morgan fingerprint density at radius 1 is 1.38 bits per heavy atom. The van der Waals surface area contributed by atoms with E-state index in [4.69, 9.17) is 4.74 Å². The van der Waals surface area contributed by atoms with Crippen molar-refractivity contribution >= 4 is 11.9 Å². The maximum Gasteiger partial charge on any atom is 0.330 e. The van der Waals surface area contributed by atoms with E-state index in [1.807, 2.05) is 13.8 Å². The summed E-state index contributed by atoms with van der Waals surface area (Å²) in [6, 6.07) is 0. The normalized spacial score (nSPS) is 27.1. The molecular formula is C12H17O4-. The fourth-order valence-corrected chi connectivity index (χ4v) is 1.94. The minimum atomic E-state index is -1.06. The number of carbonyl (C=O) groups is 2. The maximum atomic E-state index is 11.2. The van der Waals surface area contributed by atoms with Crippen LogP contribution < -0.4 is 5.11 Å². The third-order valence-corrected chi connectivity index (χ3v) is 2.96. The number of carbonyl (C=O) groups excluding carboxylic acids is 2.